The van der Waals surface area contributed by atoms with Crippen molar-refractivity contribution in [2.75, 3.05) is 20.1 Å². The zero-order valence-corrected chi connectivity index (χ0v) is 18.3. The van der Waals surface area contributed by atoms with Crippen LogP contribution in [0.2, 0.25) is 0 Å². The van der Waals surface area contributed by atoms with Crippen molar-refractivity contribution >= 4 is 29.9 Å². The summed E-state index contributed by atoms with van der Waals surface area (Å²) in [6.07, 6.45) is 9.49. The second kappa shape index (κ2) is 9.01. The lowest BCUT2D eigenvalue weighted by Gasteiger charge is -2.19. The molecular formula is C19H28IN7. The molecule has 0 radical (unpaired) electrons. The highest BCUT2D eigenvalue weighted by molar-refractivity contribution is 14.0. The molecule has 1 saturated carbocycles. The molecule has 27 heavy (non-hydrogen) atoms. The van der Waals surface area contributed by atoms with Crippen LogP contribution in [0.25, 0.3) is 5.82 Å². The predicted octanol–water partition coefficient (Wildman–Crippen LogP) is 2.10. The van der Waals surface area contributed by atoms with E-state index < -0.39 is 0 Å². The van der Waals surface area contributed by atoms with Gasteiger partial charge in [0.05, 0.1) is 0 Å². The van der Waals surface area contributed by atoms with E-state index in [2.05, 4.69) is 36.6 Å². The van der Waals surface area contributed by atoms with Gasteiger partial charge in [0.25, 0.3) is 0 Å². The molecule has 0 aromatic carbocycles. The molecule has 146 valence electrons. The number of hydrogen-bond acceptors (Lipinski definition) is 4. The van der Waals surface area contributed by atoms with E-state index in [1.807, 2.05) is 37.0 Å². The van der Waals surface area contributed by atoms with E-state index in [-0.39, 0.29) is 24.0 Å². The van der Waals surface area contributed by atoms with E-state index in [9.17, 15) is 0 Å². The minimum absolute atomic E-state index is 0. The zero-order valence-electron chi connectivity index (χ0n) is 15.9. The van der Waals surface area contributed by atoms with Crippen molar-refractivity contribution in [1.82, 2.24) is 30.1 Å². The monoisotopic (exact) mass is 481 g/mol. The quantitative estimate of drug-likeness (QED) is 0.389. The number of aryl methyl sites for hydroxylation is 1. The molecule has 2 fully saturated rings. The molecule has 1 aliphatic carbocycles. The Morgan fingerprint density at radius 2 is 2.11 bits per heavy atom. The van der Waals surface area contributed by atoms with Crippen LogP contribution >= 0.6 is 24.0 Å². The lowest BCUT2D eigenvalue weighted by molar-refractivity contribution is 0.321. The van der Waals surface area contributed by atoms with Crippen LogP contribution in [0.15, 0.2) is 35.7 Å². The van der Waals surface area contributed by atoms with Crippen LogP contribution in [-0.2, 0) is 6.54 Å². The molecule has 1 atom stereocenters. The molecule has 0 bridgehead atoms. The molecule has 0 amide bonds. The molecule has 1 saturated heterocycles. The zero-order chi connectivity index (χ0) is 17.9. The van der Waals surface area contributed by atoms with Crippen LogP contribution in [0, 0.1) is 6.92 Å². The van der Waals surface area contributed by atoms with Gasteiger partial charge in [0, 0.05) is 62.9 Å². The molecule has 2 aromatic heterocycles. The smallest absolute Gasteiger partial charge is 0.191 e. The number of rotatable bonds is 5. The van der Waals surface area contributed by atoms with Crippen LogP contribution < -0.4 is 10.6 Å². The summed E-state index contributed by atoms with van der Waals surface area (Å²) in [5.41, 5.74) is 1.11. The van der Waals surface area contributed by atoms with E-state index in [4.69, 9.17) is 0 Å². The number of nitrogens with zero attached hydrogens (tertiary/aromatic N) is 5. The topological polar surface area (TPSA) is 70.4 Å². The fourth-order valence-electron chi connectivity index (χ4n) is 3.63. The Bertz CT molecular complexity index is 784. The third kappa shape index (κ3) is 4.78. The van der Waals surface area contributed by atoms with E-state index in [1.165, 1.54) is 25.8 Å². The molecule has 3 heterocycles. The Balaban J connectivity index is 0.00000210. The average Bonchev–Trinajstić information content (AvgIpc) is 3.26. The number of likely N-dealkylation sites (tertiary alicyclic amines) is 1. The molecule has 8 heteroatoms. The van der Waals surface area contributed by atoms with Gasteiger partial charge in [0.15, 0.2) is 5.96 Å². The summed E-state index contributed by atoms with van der Waals surface area (Å²) in [6, 6.07) is 5.37. The number of imidazole rings is 1. The van der Waals surface area contributed by atoms with Gasteiger partial charge in [-0.3, -0.25) is 14.5 Å². The highest BCUT2D eigenvalue weighted by Gasteiger charge is 2.34. The highest BCUT2D eigenvalue weighted by Crippen LogP contribution is 2.29. The molecule has 2 N–H and O–H groups in total. The fourth-order valence-corrected chi connectivity index (χ4v) is 3.63. The van der Waals surface area contributed by atoms with Crippen molar-refractivity contribution in [3.8, 4) is 5.82 Å². The minimum atomic E-state index is 0. The van der Waals surface area contributed by atoms with Crippen molar-refractivity contribution in [3.63, 3.8) is 0 Å². The number of pyridine rings is 1. The normalized spacial score (nSPS) is 20.4. The van der Waals surface area contributed by atoms with E-state index >= 15 is 0 Å². The first-order chi connectivity index (χ1) is 12.7. The first-order valence-electron chi connectivity index (χ1n) is 9.40. The first kappa shape index (κ1) is 20.1. The number of halogens is 1. The molecule has 2 aliphatic rings. The number of nitrogens with one attached hydrogen (secondary N) is 2. The summed E-state index contributed by atoms with van der Waals surface area (Å²) in [5, 5.41) is 7.01. The number of aromatic nitrogens is 3. The average molecular weight is 481 g/mol. The number of guanidine groups is 1. The maximum Gasteiger partial charge on any atom is 0.191 e. The maximum atomic E-state index is 4.54. The largest absolute Gasteiger partial charge is 0.352 e. The van der Waals surface area contributed by atoms with Crippen LogP contribution in [0.3, 0.4) is 0 Å². The Labute approximate surface area is 177 Å². The molecule has 1 aliphatic heterocycles. The molecule has 1 unspecified atom stereocenters. The first-order valence-corrected chi connectivity index (χ1v) is 9.40. The van der Waals surface area contributed by atoms with Crippen molar-refractivity contribution in [2.45, 2.75) is 44.8 Å². The SMILES string of the molecule is CN=C(NCc1cccnc1-n1ccnc1C)NC1CCN(C2CC2)C1.I. The Morgan fingerprint density at radius 3 is 2.81 bits per heavy atom. The van der Waals surface area contributed by atoms with E-state index in [0.29, 0.717) is 12.6 Å². The van der Waals surface area contributed by atoms with Gasteiger partial charge >= 0.3 is 0 Å². The van der Waals surface area contributed by atoms with Crippen LogP contribution in [0.4, 0.5) is 0 Å². The van der Waals surface area contributed by atoms with Crippen LogP contribution in [-0.4, -0.2) is 57.6 Å². The fraction of sp³-hybridized carbons (Fsp3) is 0.526. The lowest BCUT2D eigenvalue weighted by Crippen LogP contribution is -2.44. The van der Waals surface area contributed by atoms with Gasteiger partial charge in [-0.25, -0.2) is 9.97 Å². The van der Waals surface area contributed by atoms with Crippen molar-refractivity contribution in [2.24, 2.45) is 4.99 Å². The third-order valence-corrected chi connectivity index (χ3v) is 5.22. The molecular weight excluding hydrogens is 453 g/mol. The highest BCUT2D eigenvalue weighted by atomic mass is 127. The van der Waals surface area contributed by atoms with Gasteiger partial charge in [0.2, 0.25) is 0 Å². The van der Waals surface area contributed by atoms with Crippen molar-refractivity contribution in [1.29, 1.82) is 0 Å². The predicted molar refractivity (Wildman–Crippen MR) is 118 cm³/mol. The van der Waals surface area contributed by atoms with Crippen molar-refractivity contribution in [3.05, 3.63) is 42.1 Å². The lowest BCUT2D eigenvalue weighted by atomic mass is 10.2. The van der Waals surface area contributed by atoms with Crippen LogP contribution in [0.1, 0.15) is 30.7 Å². The Hall–Kier alpha value is -1.68. The van der Waals surface area contributed by atoms with Gasteiger partial charge in [-0.15, -0.1) is 24.0 Å². The molecule has 7 nitrogen and oxygen atoms in total. The van der Waals surface area contributed by atoms with Crippen LogP contribution in [0.5, 0.6) is 0 Å². The summed E-state index contributed by atoms with van der Waals surface area (Å²) < 4.78 is 2.01. The summed E-state index contributed by atoms with van der Waals surface area (Å²) in [5.74, 6) is 2.69. The minimum Gasteiger partial charge on any atom is -0.352 e. The summed E-state index contributed by atoms with van der Waals surface area (Å²) in [7, 11) is 1.83. The Morgan fingerprint density at radius 1 is 1.26 bits per heavy atom. The van der Waals surface area contributed by atoms with E-state index in [1.54, 1.807) is 6.20 Å². The second-order valence-corrected chi connectivity index (χ2v) is 7.11. The van der Waals surface area contributed by atoms with Gasteiger partial charge in [-0.2, -0.15) is 0 Å². The van der Waals surface area contributed by atoms with Gasteiger partial charge in [-0.1, -0.05) is 6.07 Å². The summed E-state index contributed by atoms with van der Waals surface area (Å²) in [4.78, 5) is 15.8. The maximum absolute atomic E-state index is 4.54. The van der Waals surface area contributed by atoms with Gasteiger partial charge in [0.1, 0.15) is 11.6 Å². The second-order valence-electron chi connectivity index (χ2n) is 7.11. The molecule has 4 rings (SSSR count). The molecule has 0 spiro atoms. The summed E-state index contributed by atoms with van der Waals surface area (Å²) >= 11 is 0. The van der Waals surface area contributed by atoms with Crippen molar-refractivity contribution < 1.29 is 0 Å². The number of hydrogen-bond donors (Lipinski definition) is 2. The van der Waals surface area contributed by atoms with E-state index in [0.717, 1.165) is 35.8 Å². The summed E-state index contributed by atoms with van der Waals surface area (Å²) in [6.45, 7) is 4.97. The van der Waals surface area contributed by atoms with Gasteiger partial charge in [-0.05, 0) is 32.3 Å². The third-order valence-electron chi connectivity index (χ3n) is 5.22. The molecule has 2 aromatic rings. The Kier molecular flexibility index (Phi) is 6.69. The standard InChI is InChI=1S/C19H27N7.HI/c1-14-21-9-11-26(14)18-15(4-3-8-22-18)12-23-19(20-2)24-16-7-10-25(13-16)17-5-6-17;/h3-4,8-9,11,16-17H,5-7,10,12-13H2,1-2H3,(H2,20,23,24);1H. The van der Waals surface area contributed by atoms with Gasteiger partial charge < -0.3 is 10.6 Å². The number of aliphatic imine (C=N–C) groups is 1.